The van der Waals surface area contributed by atoms with Gasteiger partial charge < -0.3 is 15.2 Å². The predicted molar refractivity (Wildman–Crippen MR) is 81.3 cm³/mol. The summed E-state index contributed by atoms with van der Waals surface area (Å²) in [6.07, 6.45) is 1.39. The molecular weight excluding hydrogens is 306 g/mol. The van der Waals surface area contributed by atoms with Gasteiger partial charge in [0.25, 0.3) is 10.0 Å². The summed E-state index contributed by atoms with van der Waals surface area (Å²) in [5, 5.41) is 3.75. The van der Waals surface area contributed by atoms with Crippen molar-refractivity contribution < 1.29 is 17.9 Å². The monoisotopic (exact) mass is 319 g/mol. The van der Waals surface area contributed by atoms with Crippen molar-refractivity contribution >= 4 is 21.9 Å². The summed E-state index contributed by atoms with van der Waals surface area (Å²) in [6.45, 7) is 0.180. The van der Waals surface area contributed by atoms with E-state index < -0.39 is 10.0 Å². The normalized spacial score (nSPS) is 13.5. The Bertz CT molecular complexity index is 816. The van der Waals surface area contributed by atoms with Gasteiger partial charge in [-0.1, -0.05) is 0 Å². The van der Waals surface area contributed by atoms with Gasteiger partial charge in [0.05, 0.1) is 11.1 Å². The van der Waals surface area contributed by atoms with Crippen LogP contribution in [0.25, 0.3) is 0 Å². The summed E-state index contributed by atoms with van der Waals surface area (Å²) in [5.74, 6) is 1.25. The second kappa shape index (κ2) is 5.57. The van der Waals surface area contributed by atoms with Gasteiger partial charge in [-0.05, 0) is 48.0 Å². The number of sulfonamides is 1. The molecular formula is C14H13N3O4S. The van der Waals surface area contributed by atoms with Crippen molar-refractivity contribution in [2.45, 2.75) is 4.90 Å². The Morgan fingerprint density at radius 2 is 1.82 bits per heavy atom. The number of hydrazone groups is 1. The molecule has 2 aromatic carbocycles. The second-order valence-corrected chi connectivity index (χ2v) is 6.20. The first kappa shape index (κ1) is 14.2. The van der Waals surface area contributed by atoms with Gasteiger partial charge in [-0.3, -0.25) is 0 Å². The first-order valence-corrected chi connectivity index (χ1v) is 7.83. The molecule has 1 aliphatic heterocycles. The summed E-state index contributed by atoms with van der Waals surface area (Å²) in [5.41, 5.74) is 6.70. The highest BCUT2D eigenvalue weighted by atomic mass is 32.2. The third kappa shape index (κ3) is 2.96. The summed E-state index contributed by atoms with van der Waals surface area (Å²) < 4.78 is 34.4. The summed E-state index contributed by atoms with van der Waals surface area (Å²) in [7, 11) is -3.72. The number of benzene rings is 2. The lowest BCUT2D eigenvalue weighted by Crippen LogP contribution is -2.18. The molecule has 3 N–H and O–H groups in total. The predicted octanol–water partition coefficient (Wildman–Crippen LogP) is 1.31. The van der Waals surface area contributed by atoms with Crippen molar-refractivity contribution in [1.82, 2.24) is 4.83 Å². The van der Waals surface area contributed by atoms with Crippen LogP contribution in [0.1, 0.15) is 5.56 Å². The van der Waals surface area contributed by atoms with Crippen LogP contribution in [0.3, 0.4) is 0 Å². The van der Waals surface area contributed by atoms with Gasteiger partial charge in [0.15, 0.2) is 11.5 Å². The average Bonchev–Trinajstić information content (AvgIpc) is 2.95. The van der Waals surface area contributed by atoms with Crippen LogP contribution < -0.4 is 20.0 Å². The molecule has 0 spiro atoms. The number of nitrogen functional groups attached to an aromatic ring is 1. The Hall–Kier alpha value is -2.74. The minimum Gasteiger partial charge on any atom is -0.454 e. The molecule has 0 saturated heterocycles. The van der Waals surface area contributed by atoms with Crippen molar-refractivity contribution in [3.05, 3.63) is 48.0 Å². The lowest BCUT2D eigenvalue weighted by Gasteiger charge is -2.03. The molecule has 0 aromatic heterocycles. The summed E-state index contributed by atoms with van der Waals surface area (Å²) >= 11 is 0. The zero-order valence-corrected chi connectivity index (χ0v) is 12.2. The van der Waals surface area contributed by atoms with E-state index in [0.717, 1.165) is 0 Å². The topological polar surface area (TPSA) is 103 Å². The van der Waals surface area contributed by atoms with Crippen molar-refractivity contribution in [2.75, 3.05) is 12.5 Å². The molecule has 2 aromatic rings. The average molecular weight is 319 g/mol. The Morgan fingerprint density at radius 3 is 2.59 bits per heavy atom. The lowest BCUT2D eigenvalue weighted by molar-refractivity contribution is 0.174. The molecule has 22 heavy (non-hydrogen) atoms. The van der Waals surface area contributed by atoms with E-state index in [9.17, 15) is 8.42 Å². The minimum absolute atomic E-state index is 0.0875. The van der Waals surface area contributed by atoms with Gasteiger partial charge in [0.1, 0.15) is 0 Å². The first-order valence-electron chi connectivity index (χ1n) is 6.35. The molecule has 1 heterocycles. The third-order valence-corrected chi connectivity index (χ3v) is 4.21. The molecule has 0 unspecified atom stereocenters. The highest BCUT2D eigenvalue weighted by Crippen LogP contribution is 2.31. The van der Waals surface area contributed by atoms with E-state index in [1.807, 2.05) is 0 Å². The van der Waals surface area contributed by atoms with E-state index in [4.69, 9.17) is 15.2 Å². The van der Waals surface area contributed by atoms with Gasteiger partial charge in [0.2, 0.25) is 6.79 Å². The molecule has 0 aliphatic carbocycles. The molecule has 0 saturated carbocycles. The van der Waals surface area contributed by atoms with Gasteiger partial charge in [-0.25, -0.2) is 4.83 Å². The molecule has 114 valence electrons. The Morgan fingerprint density at radius 1 is 1.09 bits per heavy atom. The molecule has 0 fully saturated rings. The largest absolute Gasteiger partial charge is 0.454 e. The highest BCUT2D eigenvalue weighted by molar-refractivity contribution is 7.89. The number of anilines is 1. The van der Waals surface area contributed by atoms with Crippen LogP contribution in [0.5, 0.6) is 11.5 Å². The number of rotatable bonds is 4. The van der Waals surface area contributed by atoms with E-state index in [-0.39, 0.29) is 11.7 Å². The van der Waals surface area contributed by atoms with Crippen molar-refractivity contribution in [3.8, 4) is 11.5 Å². The minimum atomic E-state index is -3.72. The summed E-state index contributed by atoms with van der Waals surface area (Å²) in [4.78, 5) is 2.23. The molecule has 0 amide bonds. The maximum atomic E-state index is 12.0. The number of nitrogens with two attached hydrogens (primary N) is 1. The van der Waals surface area contributed by atoms with E-state index >= 15 is 0 Å². The standard InChI is InChI=1S/C14H13N3O4S/c15-11-2-4-12(5-3-11)22(18,19)17-16-8-10-1-6-13-14(7-10)21-9-20-13/h1-8,17H,9,15H2/b16-8+. The van der Waals surface area contributed by atoms with E-state index in [2.05, 4.69) is 9.93 Å². The maximum absolute atomic E-state index is 12.0. The number of nitrogens with zero attached hydrogens (tertiary/aromatic N) is 1. The van der Waals surface area contributed by atoms with Gasteiger partial charge in [0, 0.05) is 5.69 Å². The Balaban J connectivity index is 1.72. The van der Waals surface area contributed by atoms with Crippen LogP contribution >= 0.6 is 0 Å². The quantitative estimate of drug-likeness (QED) is 0.502. The fourth-order valence-corrected chi connectivity index (χ4v) is 2.65. The second-order valence-electron chi connectivity index (χ2n) is 4.53. The van der Waals surface area contributed by atoms with Crippen LogP contribution in [0.2, 0.25) is 0 Å². The third-order valence-electron chi connectivity index (χ3n) is 2.97. The molecule has 8 heteroatoms. The molecule has 1 aliphatic rings. The number of ether oxygens (including phenoxy) is 2. The maximum Gasteiger partial charge on any atom is 0.276 e. The van der Waals surface area contributed by atoms with E-state index in [0.29, 0.717) is 22.7 Å². The summed E-state index contributed by atoms with van der Waals surface area (Å²) in [6, 6.07) is 11.0. The van der Waals surface area contributed by atoms with E-state index in [1.165, 1.54) is 30.5 Å². The number of fused-ring (bicyclic) bond motifs is 1. The number of hydrogen-bond donors (Lipinski definition) is 2. The van der Waals surface area contributed by atoms with Crippen molar-refractivity contribution in [1.29, 1.82) is 0 Å². The van der Waals surface area contributed by atoms with Crippen molar-refractivity contribution in [3.63, 3.8) is 0 Å². The zero-order valence-electron chi connectivity index (χ0n) is 11.4. The Kier molecular flexibility index (Phi) is 3.60. The van der Waals surface area contributed by atoms with Crippen LogP contribution in [0.4, 0.5) is 5.69 Å². The highest BCUT2D eigenvalue weighted by Gasteiger charge is 2.13. The fraction of sp³-hybridized carbons (Fsp3) is 0.0714. The molecule has 7 nitrogen and oxygen atoms in total. The lowest BCUT2D eigenvalue weighted by atomic mass is 10.2. The first-order chi connectivity index (χ1) is 10.5. The van der Waals surface area contributed by atoms with Crippen LogP contribution in [0, 0.1) is 0 Å². The molecule has 0 atom stereocenters. The van der Waals surface area contributed by atoms with Gasteiger partial charge in [-0.15, -0.1) is 0 Å². The smallest absolute Gasteiger partial charge is 0.276 e. The van der Waals surface area contributed by atoms with Crippen LogP contribution in [-0.4, -0.2) is 21.4 Å². The molecule has 0 radical (unpaired) electrons. The number of nitrogens with one attached hydrogen (secondary N) is 1. The SMILES string of the molecule is Nc1ccc(S(=O)(=O)N/N=C/c2ccc3c(c2)OCO3)cc1. The molecule has 3 rings (SSSR count). The fourth-order valence-electron chi connectivity index (χ4n) is 1.86. The van der Waals surface area contributed by atoms with E-state index in [1.54, 1.807) is 18.2 Å². The van der Waals surface area contributed by atoms with Crippen LogP contribution in [-0.2, 0) is 10.0 Å². The number of hydrogen-bond acceptors (Lipinski definition) is 6. The molecule has 0 bridgehead atoms. The van der Waals surface area contributed by atoms with Gasteiger partial charge >= 0.3 is 0 Å². The van der Waals surface area contributed by atoms with Crippen LogP contribution in [0.15, 0.2) is 52.5 Å². The Labute approximate surface area is 127 Å². The zero-order chi connectivity index (χ0) is 15.6. The van der Waals surface area contributed by atoms with Gasteiger partial charge in [-0.2, -0.15) is 13.5 Å². The van der Waals surface area contributed by atoms with Crippen molar-refractivity contribution in [2.24, 2.45) is 5.10 Å².